The molecule has 27 heavy (non-hydrogen) atoms. The van der Waals surface area contributed by atoms with Gasteiger partial charge in [-0.1, -0.05) is 6.07 Å². The average Bonchev–Trinajstić information content (AvgIpc) is 2.61. The Bertz CT molecular complexity index is 910. The molecule has 0 bridgehead atoms. The maximum Gasteiger partial charge on any atom is 0.246 e. The van der Waals surface area contributed by atoms with Crippen molar-refractivity contribution in [3.8, 4) is 11.6 Å². The van der Waals surface area contributed by atoms with Crippen LogP contribution in [0, 0.1) is 20.8 Å². The summed E-state index contributed by atoms with van der Waals surface area (Å²) >= 11 is 0. The van der Waals surface area contributed by atoms with Crippen molar-refractivity contribution in [1.82, 2.24) is 14.3 Å². The second-order valence-corrected chi connectivity index (χ2v) is 8.70. The van der Waals surface area contributed by atoms with Crippen LogP contribution in [0.4, 0.5) is 0 Å². The monoisotopic (exact) mass is 391 g/mol. The Hall–Kier alpha value is -2.19. The van der Waals surface area contributed by atoms with Crippen LogP contribution in [0.3, 0.4) is 0 Å². The third-order valence-corrected chi connectivity index (χ3v) is 6.39. The van der Waals surface area contributed by atoms with E-state index < -0.39 is 10.0 Å². The number of hydrogen-bond acceptors (Lipinski definition) is 6. The van der Waals surface area contributed by atoms with Crippen molar-refractivity contribution in [3.05, 3.63) is 41.3 Å². The van der Waals surface area contributed by atoms with Gasteiger partial charge in [-0.05, 0) is 51.3 Å². The summed E-state index contributed by atoms with van der Waals surface area (Å²) in [5.41, 5.74) is 1.69. The van der Waals surface area contributed by atoms with E-state index in [4.69, 9.17) is 9.47 Å². The van der Waals surface area contributed by atoms with Crippen LogP contribution >= 0.6 is 0 Å². The lowest BCUT2D eigenvalue weighted by Crippen LogP contribution is -2.44. The Kier molecular flexibility index (Phi) is 5.67. The molecule has 2 heterocycles. The van der Waals surface area contributed by atoms with Gasteiger partial charge in [-0.15, -0.1) is 0 Å². The van der Waals surface area contributed by atoms with E-state index >= 15 is 0 Å². The van der Waals surface area contributed by atoms with Gasteiger partial charge in [-0.3, -0.25) is 0 Å². The Morgan fingerprint density at radius 1 is 1.15 bits per heavy atom. The number of ether oxygens (including phenoxy) is 2. The van der Waals surface area contributed by atoms with Gasteiger partial charge in [0.1, 0.15) is 22.6 Å². The highest BCUT2D eigenvalue weighted by molar-refractivity contribution is 7.89. The number of sulfonamides is 1. The second-order valence-electron chi connectivity index (χ2n) is 6.79. The fourth-order valence-corrected chi connectivity index (χ4v) is 5.01. The normalized spacial score (nSPS) is 18.3. The third-order valence-electron chi connectivity index (χ3n) is 4.51. The molecule has 1 aliphatic rings. The molecule has 1 unspecified atom stereocenters. The first kappa shape index (κ1) is 19.6. The van der Waals surface area contributed by atoms with Crippen LogP contribution in [0.5, 0.6) is 11.6 Å². The summed E-state index contributed by atoms with van der Waals surface area (Å²) in [7, 11) is -2.20. The van der Waals surface area contributed by atoms with Crippen molar-refractivity contribution < 1.29 is 17.9 Å². The Morgan fingerprint density at radius 2 is 1.93 bits per heavy atom. The number of nitrogens with zero attached hydrogens (tertiary/aromatic N) is 3. The van der Waals surface area contributed by atoms with E-state index in [2.05, 4.69) is 9.97 Å². The molecule has 0 aliphatic carbocycles. The van der Waals surface area contributed by atoms with Crippen LogP contribution in [-0.4, -0.2) is 49.0 Å². The molecule has 8 heteroatoms. The fourth-order valence-electron chi connectivity index (χ4n) is 3.26. The highest BCUT2D eigenvalue weighted by atomic mass is 32.2. The van der Waals surface area contributed by atoms with Crippen molar-refractivity contribution in [2.24, 2.45) is 0 Å². The zero-order chi connectivity index (χ0) is 19.6. The van der Waals surface area contributed by atoms with E-state index in [-0.39, 0.29) is 17.5 Å². The van der Waals surface area contributed by atoms with Gasteiger partial charge in [0.25, 0.3) is 0 Å². The molecule has 1 atom stereocenters. The minimum Gasteiger partial charge on any atom is -0.495 e. The molecule has 0 N–H and O–H groups in total. The first-order valence-electron chi connectivity index (χ1n) is 8.93. The molecule has 2 aromatic rings. The number of aryl methyl sites for hydroxylation is 3. The van der Waals surface area contributed by atoms with Crippen molar-refractivity contribution in [2.75, 3.05) is 20.2 Å². The smallest absolute Gasteiger partial charge is 0.246 e. The predicted octanol–water partition coefficient (Wildman–Crippen LogP) is 2.64. The first-order chi connectivity index (χ1) is 12.8. The van der Waals surface area contributed by atoms with Gasteiger partial charge in [-0.2, -0.15) is 9.29 Å². The number of methoxy groups -OCH3 is 1. The van der Waals surface area contributed by atoms with Crippen LogP contribution in [0.15, 0.2) is 29.2 Å². The lowest BCUT2D eigenvalue weighted by molar-refractivity contribution is 0.124. The number of aromatic nitrogens is 2. The fraction of sp³-hybridized carbons (Fsp3) is 0.474. The number of rotatable bonds is 5. The zero-order valence-electron chi connectivity index (χ0n) is 16.1. The molecule has 146 valence electrons. The molecular weight excluding hydrogens is 366 g/mol. The van der Waals surface area contributed by atoms with Gasteiger partial charge in [0.2, 0.25) is 15.9 Å². The molecule has 1 saturated heterocycles. The summed E-state index contributed by atoms with van der Waals surface area (Å²) in [5, 5.41) is 0. The van der Waals surface area contributed by atoms with Crippen LogP contribution in [-0.2, 0) is 10.0 Å². The highest BCUT2D eigenvalue weighted by Gasteiger charge is 2.33. The van der Waals surface area contributed by atoms with Gasteiger partial charge >= 0.3 is 0 Å². The van der Waals surface area contributed by atoms with E-state index in [0.29, 0.717) is 24.0 Å². The standard InChI is InChI=1S/C19H25N3O4S/c1-13-7-8-17(25-4)18(10-13)27(23,24)22-9-5-6-16(12-22)26-19-11-14(2)20-15(3)21-19/h7-8,10-11,16H,5-6,9,12H2,1-4H3. The highest BCUT2D eigenvalue weighted by Crippen LogP contribution is 2.30. The van der Waals surface area contributed by atoms with Gasteiger partial charge in [0, 0.05) is 18.3 Å². The lowest BCUT2D eigenvalue weighted by atomic mass is 10.1. The SMILES string of the molecule is COc1ccc(C)cc1S(=O)(=O)N1CCCC(Oc2cc(C)nc(C)n2)C1. The largest absolute Gasteiger partial charge is 0.495 e. The predicted molar refractivity (Wildman–Crippen MR) is 102 cm³/mol. The molecule has 7 nitrogen and oxygen atoms in total. The number of hydrogen-bond donors (Lipinski definition) is 0. The Morgan fingerprint density at radius 3 is 2.63 bits per heavy atom. The van der Waals surface area contributed by atoms with Crippen LogP contribution in [0.2, 0.25) is 0 Å². The molecule has 0 saturated carbocycles. The third kappa shape index (κ3) is 4.39. The average molecular weight is 391 g/mol. The summed E-state index contributed by atoms with van der Waals surface area (Å²) in [6.45, 7) is 6.29. The molecule has 3 rings (SSSR count). The van der Waals surface area contributed by atoms with E-state index in [1.54, 1.807) is 18.2 Å². The van der Waals surface area contributed by atoms with Crippen molar-refractivity contribution in [1.29, 1.82) is 0 Å². The van der Waals surface area contributed by atoms with Gasteiger partial charge < -0.3 is 9.47 Å². The molecule has 1 aliphatic heterocycles. The molecule has 1 aromatic heterocycles. The molecule has 0 radical (unpaired) electrons. The van der Waals surface area contributed by atoms with Crippen molar-refractivity contribution in [3.63, 3.8) is 0 Å². The summed E-state index contributed by atoms with van der Waals surface area (Å²) in [6, 6.07) is 6.94. The number of piperidine rings is 1. The Balaban J connectivity index is 1.82. The van der Waals surface area contributed by atoms with Gasteiger partial charge in [0.05, 0.1) is 13.7 Å². The van der Waals surface area contributed by atoms with Crippen molar-refractivity contribution in [2.45, 2.75) is 44.6 Å². The van der Waals surface area contributed by atoms with Crippen LogP contribution < -0.4 is 9.47 Å². The summed E-state index contributed by atoms with van der Waals surface area (Å²) < 4.78 is 39.1. The van der Waals surface area contributed by atoms with E-state index in [9.17, 15) is 8.42 Å². The van der Waals surface area contributed by atoms with E-state index in [0.717, 1.165) is 24.1 Å². The van der Waals surface area contributed by atoms with Crippen LogP contribution in [0.25, 0.3) is 0 Å². The van der Waals surface area contributed by atoms with Gasteiger partial charge in [0.15, 0.2) is 0 Å². The molecular formula is C19H25N3O4S. The maximum absolute atomic E-state index is 13.2. The maximum atomic E-state index is 13.2. The molecule has 0 spiro atoms. The minimum absolute atomic E-state index is 0.194. The zero-order valence-corrected chi connectivity index (χ0v) is 16.9. The molecule has 1 aromatic carbocycles. The minimum atomic E-state index is -3.67. The second kappa shape index (κ2) is 7.82. The summed E-state index contributed by atoms with van der Waals surface area (Å²) in [4.78, 5) is 8.72. The topological polar surface area (TPSA) is 81.6 Å². The van der Waals surface area contributed by atoms with Crippen molar-refractivity contribution >= 4 is 10.0 Å². The summed E-state index contributed by atoms with van der Waals surface area (Å²) in [6.07, 6.45) is 1.25. The van der Waals surface area contributed by atoms with E-state index in [1.165, 1.54) is 11.4 Å². The molecule has 1 fully saturated rings. The summed E-state index contributed by atoms with van der Waals surface area (Å²) in [5.74, 6) is 1.47. The first-order valence-corrected chi connectivity index (χ1v) is 10.4. The molecule has 0 amide bonds. The quantitative estimate of drug-likeness (QED) is 0.779. The number of benzene rings is 1. The lowest BCUT2D eigenvalue weighted by Gasteiger charge is -2.32. The van der Waals surface area contributed by atoms with Gasteiger partial charge in [-0.25, -0.2) is 13.4 Å². The van der Waals surface area contributed by atoms with E-state index in [1.807, 2.05) is 26.8 Å². The Labute approximate surface area is 160 Å². The van der Waals surface area contributed by atoms with Crippen LogP contribution in [0.1, 0.15) is 29.9 Å².